The van der Waals surface area contributed by atoms with Crippen LogP contribution in [0.1, 0.15) is 18.4 Å². The van der Waals surface area contributed by atoms with E-state index >= 15 is 0 Å². The smallest absolute Gasteiger partial charge is 0.237 e. The van der Waals surface area contributed by atoms with E-state index in [1.54, 1.807) is 4.90 Å². The molecule has 2 saturated heterocycles. The number of piperazine rings is 1. The molecule has 0 saturated carbocycles. The monoisotopic (exact) mass is 385 g/mol. The van der Waals surface area contributed by atoms with E-state index in [0.29, 0.717) is 26.3 Å². The Labute approximate surface area is 164 Å². The fourth-order valence-electron chi connectivity index (χ4n) is 4.88. The highest BCUT2D eigenvalue weighted by Gasteiger charge is 2.48. The van der Waals surface area contributed by atoms with E-state index in [4.69, 9.17) is 9.47 Å². The maximum absolute atomic E-state index is 12.7. The average molecular weight is 385 g/mol. The van der Waals surface area contributed by atoms with Crippen molar-refractivity contribution in [3.05, 3.63) is 35.9 Å². The second-order valence-corrected chi connectivity index (χ2v) is 8.28. The van der Waals surface area contributed by atoms with Crippen LogP contribution in [0.2, 0.25) is 0 Å². The van der Waals surface area contributed by atoms with Crippen molar-refractivity contribution in [3.8, 4) is 11.5 Å². The summed E-state index contributed by atoms with van der Waals surface area (Å²) < 4.78 is 10.8. The van der Waals surface area contributed by atoms with Crippen molar-refractivity contribution in [2.45, 2.75) is 19.4 Å². The molecule has 3 heterocycles. The van der Waals surface area contributed by atoms with Gasteiger partial charge < -0.3 is 19.3 Å². The normalized spacial score (nSPS) is 31.4. The summed E-state index contributed by atoms with van der Waals surface area (Å²) in [6.07, 6.45) is 5.52. The van der Waals surface area contributed by atoms with E-state index < -0.39 is 0 Å². The molecule has 2 N–H and O–H groups in total. The molecule has 0 bridgehead atoms. The van der Waals surface area contributed by atoms with Gasteiger partial charge in [0, 0.05) is 5.56 Å². The van der Waals surface area contributed by atoms with Crippen molar-refractivity contribution in [1.82, 2.24) is 4.90 Å². The number of amides is 2. The van der Waals surface area contributed by atoms with Crippen LogP contribution in [0, 0.1) is 11.8 Å². The van der Waals surface area contributed by atoms with Gasteiger partial charge in [-0.25, -0.2) is 4.90 Å². The van der Waals surface area contributed by atoms with Gasteiger partial charge in [-0.3, -0.25) is 9.59 Å². The highest BCUT2D eigenvalue weighted by atomic mass is 16.7. The fraction of sp³-hybridized carbons (Fsp3) is 0.524. The Morgan fingerprint density at radius 2 is 1.54 bits per heavy atom. The molecule has 1 aromatic rings. The molecule has 7 nitrogen and oxygen atoms in total. The van der Waals surface area contributed by atoms with E-state index in [1.807, 2.05) is 18.2 Å². The fourth-order valence-corrected chi connectivity index (χ4v) is 4.88. The third-order valence-corrected chi connectivity index (χ3v) is 6.54. The lowest BCUT2D eigenvalue weighted by Crippen LogP contribution is -3.28. The van der Waals surface area contributed by atoms with Gasteiger partial charge in [-0.2, -0.15) is 0 Å². The Kier molecular flexibility index (Phi) is 4.56. The van der Waals surface area contributed by atoms with E-state index in [-0.39, 0.29) is 23.7 Å². The first-order valence-corrected chi connectivity index (χ1v) is 10.2. The predicted molar refractivity (Wildman–Crippen MR) is 99.7 cm³/mol. The summed E-state index contributed by atoms with van der Waals surface area (Å²) in [5.74, 6) is 1.51. The first kappa shape index (κ1) is 17.7. The van der Waals surface area contributed by atoms with E-state index in [1.165, 1.54) is 15.4 Å². The molecule has 4 aliphatic rings. The predicted octanol–water partition coefficient (Wildman–Crippen LogP) is -1.39. The Morgan fingerprint density at radius 1 is 0.893 bits per heavy atom. The number of carbonyl (C=O) groups is 2. The van der Waals surface area contributed by atoms with Crippen molar-refractivity contribution in [1.29, 1.82) is 0 Å². The lowest BCUT2D eigenvalue weighted by Gasteiger charge is -2.31. The zero-order valence-electron chi connectivity index (χ0n) is 16.0. The minimum Gasteiger partial charge on any atom is -0.454 e. The highest BCUT2D eigenvalue weighted by Crippen LogP contribution is 2.34. The van der Waals surface area contributed by atoms with Gasteiger partial charge in [-0.15, -0.1) is 0 Å². The minimum atomic E-state index is -0.116. The number of nitrogens with zero attached hydrogens (tertiary/aromatic N) is 1. The summed E-state index contributed by atoms with van der Waals surface area (Å²) >= 11 is 0. The number of benzene rings is 1. The summed E-state index contributed by atoms with van der Waals surface area (Å²) in [5.41, 5.74) is 1.25. The van der Waals surface area contributed by atoms with Gasteiger partial charge in [0.2, 0.25) is 18.6 Å². The van der Waals surface area contributed by atoms with Crippen LogP contribution in [0.5, 0.6) is 11.5 Å². The molecule has 2 fully saturated rings. The van der Waals surface area contributed by atoms with Crippen LogP contribution >= 0.6 is 0 Å². The van der Waals surface area contributed by atoms with Crippen LogP contribution in [0.25, 0.3) is 0 Å². The molecule has 28 heavy (non-hydrogen) atoms. The number of nitrogens with one attached hydrogen (secondary N) is 2. The van der Waals surface area contributed by atoms with E-state index in [0.717, 1.165) is 44.2 Å². The summed E-state index contributed by atoms with van der Waals surface area (Å²) in [4.78, 5) is 29.7. The topological polar surface area (TPSA) is 64.7 Å². The van der Waals surface area contributed by atoms with Gasteiger partial charge in [0.25, 0.3) is 0 Å². The van der Waals surface area contributed by atoms with Crippen LogP contribution in [0.3, 0.4) is 0 Å². The number of imide groups is 1. The minimum absolute atomic E-state index is 0.0435. The van der Waals surface area contributed by atoms with Crippen LogP contribution < -0.4 is 19.3 Å². The lowest BCUT2D eigenvalue weighted by molar-refractivity contribution is -1.02. The molecular weight excluding hydrogens is 358 g/mol. The molecule has 148 valence electrons. The maximum Gasteiger partial charge on any atom is 0.237 e. The second-order valence-electron chi connectivity index (χ2n) is 8.28. The molecule has 5 rings (SSSR count). The second kappa shape index (κ2) is 7.22. The molecule has 0 radical (unpaired) electrons. The van der Waals surface area contributed by atoms with Gasteiger partial charge in [0.15, 0.2) is 18.2 Å². The number of hydrogen-bond donors (Lipinski definition) is 2. The average Bonchev–Trinajstić information content (AvgIpc) is 3.28. The number of ether oxygens (including phenoxy) is 2. The molecule has 2 amide bonds. The van der Waals surface area contributed by atoms with Crippen LogP contribution in [0.15, 0.2) is 30.4 Å². The summed E-state index contributed by atoms with van der Waals surface area (Å²) in [7, 11) is 0. The van der Waals surface area contributed by atoms with Gasteiger partial charge >= 0.3 is 0 Å². The third kappa shape index (κ3) is 3.18. The number of carbonyl (C=O) groups excluding carboxylic acids is 2. The van der Waals surface area contributed by atoms with Gasteiger partial charge in [-0.1, -0.05) is 12.2 Å². The number of rotatable bonds is 4. The molecule has 7 heteroatoms. The molecule has 0 unspecified atom stereocenters. The molecule has 0 aromatic heterocycles. The standard InChI is InChI=1S/C21H25N3O4/c25-20-16-3-1-2-4-17(16)21(26)24(20)13-23-9-7-22(8-10-23)12-15-5-6-18-19(11-15)28-14-27-18/h1-2,5-6,11,16-17H,3-4,7-10,12-14H2/p+2/t16-,17+. The summed E-state index contributed by atoms with van der Waals surface area (Å²) in [6.45, 7) is 5.82. The van der Waals surface area contributed by atoms with Crippen LogP contribution in [0.4, 0.5) is 0 Å². The lowest BCUT2D eigenvalue weighted by atomic mass is 9.85. The molecule has 2 atom stereocenters. The quantitative estimate of drug-likeness (QED) is 0.495. The van der Waals surface area contributed by atoms with Crippen molar-refractivity contribution >= 4 is 11.8 Å². The third-order valence-electron chi connectivity index (χ3n) is 6.54. The van der Waals surface area contributed by atoms with Gasteiger partial charge in [0.05, 0.1) is 11.8 Å². The number of fused-ring (bicyclic) bond motifs is 2. The zero-order chi connectivity index (χ0) is 19.1. The molecule has 3 aliphatic heterocycles. The first-order valence-electron chi connectivity index (χ1n) is 10.2. The maximum atomic E-state index is 12.7. The van der Waals surface area contributed by atoms with Crippen molar-refractivity contribution in [3.63, 3.8) is 0 Å². The Hall–Kier alpha value is -2.38. The largest absolute Gasteiger partial charge is 0.454 e. The van der Waals surface area contributed by atoms with E-state index in [9.17, 15) is 9.59 Å². The number of allylic oxidation sites excluding steroid dienone is 2. The Morgan fingerprint density at radius 3 is 2.25 bits per heavy atom. The van der Waals surface area contributed by atoms with Crippen molar-refractivity contribution in [2.75, 3.05) is 39.6 Å². The number of quaternary nitrogens is 2. The Bertz CT molecular complexity index is 790. The summed E-state index contributed by atoms with van der Waals surface area (Å²) in [5, 5.41) is 0. The zero-order valence-corrected chi connectivity index (χ0v) is 16.0. The molecular formula is C21H27N3O4+2. The Balaban J connectivity index is 1.14. The van der Waals surface area contributed by atoms with Gasteiger partial charge in [-0.05, 0) is 31.0 Å². The highest BCUT2D eigenvalue weighted by molar-refractivity contribution is 6.05. The molecule has 1 aromatic carbocycles. The number of hydrogen-bond acceptors (Lipinski definition) is 4. The SMILES string of the molecule is O=C1[C@H]2CC=CC[C@H]2C(=O)N1C[NH+]1CC[NH+](Cc2ccc3c(c2)OCO3)CC1. The van der Waals surface area contributed by atoms with Crippen LogP contribution in [-0.4, -0.2) is 56.4 Å². The van der Waals surface area contributed by atoms with Crippen LogP contribution in [-0.2, 0) is 16.1 Å². The summed E-state index contributed by atoms with van der Waals surface area (Å²) in [6, 6.07) is 6.17. The van der Waals surface area contributed by atoms with Crippen molar-refractivity contribution < 1.29 is 28.9 Å². The molecule has 0 spiro atoms. The molecule has 1 aliphatic carbocycles. The van der Waals surface area contributed by atoms with Crippen molar-refractivity contribution in [2.24, 2.45) is 11.8 Å². The number of likely N-dealkylation sites (tertiary alicyclic amines) is 1. The van der Waals surface area contributed by atoms with E-state index in [2.05, 4.69) is 12.1 Å². The van der Waals surface area contributed by atoms with Gasteiger partial charge in [0.1, 0.15) is 32.7 Å². The first-order chi connectivity index (χ1) is 13.7.